The number of anilines is 2. The van der Waals surface area contributed by atoms with Gasteiger partial charge in [0.15, 0.2) is 0 Å². The molecule has 2 aromatic carbocycles. The Morgan fingerprint density at radius 3 is 2.44 bits per heavy atom. The summed E-state index contributed by atoms with van der Waals surface area (Å²) in [5, 5.41) is 3.58. The van der Waals surface area contributed by atoms with Crippen molar-refractivity contribution in [1.29, 1.82) is 0 Å². The lowest BCUT2D eigenvalue weighted by molar-refractivity contribution is -0.112. The lowest BCUT2D eigenvalue weighted by atomic mass is 9.97. The summed E-state index contributed by atoms with van der Waals surface area (Å²) < 4.78 is 7.47. The zero-order chi connectivity index (χ0) is 27.7. The lowest BCUT2D eigenvalue weighted by Crippen LogP contribution is -2.42. The summed E-state index contributed by atoms with van der Waals surface area (Å²) >= 11 is 0. The van der Waals surface area contributed by atoms with Gasteiger partial charge in [0, 0.05) is 49.6 Å². The Bertz CT molecular complexity index is 1560. The molecule has 0 bridgehead atoms. The van der Waals surface area contributed by atoms with Crippen LogP contribution in [-0.4, -0.2) is 57.6 Å². The molecule has 39 heavy (non-hydrogen) atoms. The van der Waals surface area contributed by atoms with Gasteiger partial charge in [0.05, 0.1) is 17.2 Å². The Balaban J connectivity index is 1.54. The summed E-state index contributed by atoms with van der Waals surface area (Å²) in [4.78, 5) is 35.9. The number of carbonyl (C=O) groups is 2. The molecule has 2 aromatic heterocycles. The van der Waals surface area contributed by atoms with Crippen LogP contribution in [0.2, 0.25) is 0 Å². The molecular formula is C30H32N6O3. The van der Waals surface area contributed by atoms with E-state index >= 15 is 0 Å². The van der Waals surface area contributed by atoms with Gasteiger partial charge in [0.25, 0.3) is 11.8 Å². The number of carbonyl (C=O) groups excluding carboxylic acids is 2. The summed E-state index contributed by atoms with van der Waals surface area (Å²) in [6.45, 7) is 6.68. The molecule has 1 aliphatic heterocycles. The average Bonchev–Trinajstić information content (AvgIpc) is 3.26. The van der Waals surface area contributed by atoms with Gasteiger partial charge >= 0.3 is 0 Å². The number of hydrogen-bond acceptors (Lipinski definition) is 6. The predicted octanol–water partition coefficient (Wildman–Crippen LogP) is 4.65. The molecule has 5 rings (SSSR count). The van der Waals surface area contributed by atoms with Crippen molar-refractivity contribution in [3.63, 3.8) is 0 Å². The minimum atomic E-state index is -0.229. The van der Waals surface area contributed by atoms with Crippen LogP contribution in [0.5, 0.6) is 0 Å². The van der Waals surface area contributed by atoms with E-state index in [1.807, 2.05) is 65.0 Å². The normalized spacial score (nSPS) is 15.4. The van der Waals surface area contributed by atoms with Crippen molar-refractivity contribution in [2.75, 3.05) is 31.2 Å². The summed E-state index contributed by atoms with van der Waals surface area (Å²) in [7, 11) is 3.63. The van der Waals surface area contributed by atoms with Crippen LogP contribution in [0.3, 0.4) is 0 Å². The molecule has 0 radical (unpaired) electrons. The van der Waals surface area contributed by atoms with E-state index in [0.29, 0.717) is 34.8 Å². The molecule has 4 aromatic rings. The van der Waals surface area contributed by atoms with Crippen LogP contribution in [0.25, 0.3) is 33.4 Å². The van der Waals surface area contributed by atoms with Crippen molar-refractivity contribution < 1.29 is 14.3 Å². The van der Waals surface area contributed by atoms with E-state index in [9.17, 15) is 9.59 Å². The van der Waals surface area contributed by atoms with Crippen molar-refractivity contribution in [3.05, 3.63) is 72.6 Å². The molecule has 1 saturated heterocycles. The monoisotopic (exact) mass is 524 g/mol. The highest BCUT2D eigenvalue weighted by atomic mass is 16.5. The van der Waals surface area contributed by atoms with Gasteiger partial charge in [0.1, 0.15) is 17.8 Å². The van der Waals surface area contributed by atoms with Gasteiger partial charge in [0.2, 0.25) is 0 Å². The molecule has 0 saturated carbocycles. The molecule has 9 heteroatoms. The van der Waals surface area contributed by atoms with Crippen molar-refractivity contribution in [2.24, 2.45) is 7.05 Å². The van der Waals surface area contributed by atoms with Gasteiger partial charge in [-0.15, -0.1) is 0 Å². The number of fused-ring (bicyclic) bond motifs is 1. The fourth-order valence-corrected chi connectivity index (χ4v) is 5.12. The third-order valence-corrected chi connectivity index (χ3v) is 7.22. The van der Waals surface area contributed by atoms with E-state index in [1.165, 1.54) is 6.33 Å². The van der Waals surface area contributed by atoms with E-state index in [2.05, 4.69) is 21.9 Å². The summed E-state index contributed by atoms with van der Waals surface area (Å²) in [6, 6.07) is 15.2. The SMILES string of the molecule is C=C(C)C(=O)Nc1ccc(-c2c(-c3ccc(C(=O)N4CCC[C@@H](OC)C4)cc3)c3c(N)ncnc3n2C)cc1. The van der Waals surface area contributed by atoms with Crippen LogP contribution in [-0.2, 0) is 16.6 Å². The number of nitrogens with zero attached hydrogens (tertiary/aromatic N) is 4. The van der Waals surface area contributed by atoms with Gasteiger partial charge < -0.3 is 25.3 Å². The number of hydrogen-bond donors (Lipinski definition) is 2. The fourth-order valence-electron chi connectivity index (χ4n) is 5.12. The minimum absolute atomic E-state index is 0.00307. The highest BCUT2D eigenvalue weighted by molar-refractivity contribution is 6.08. The first-order valence-electron chi connectivity index (χ1n) is 12.9. The Hall–Kier alpha value is -4.50. The maximum atomic E-state index is 13.2. The molecular weight excluding hydrogens is 492 g/mol. The maximum absolute atomic E-state index is 13.2. The number of ether oxygens (including phenoxy) is 1. The third-order valence-electron chi connectivity index (χ3n) is 7.22. The summed E-state index contributed by atoms with van der Waals surface area (Å²) in [6.07, 6.45) is 3.42. The largest absolute Gasteiger partial charge is 0.383 e. The second-order valence-corrected chi connectivity index (χ2v) is 9.88. The highest BCUT2D eigenvalue weighted by Crippen LogP contribution is 2.41. The molecule has 200 valence electrons. The minimum Gasteiger partial charge on any atom is -0.383 e. The zero-order valence-electron chi connectivity index (χ0n) is 22.4. The number of rotatable bonds is 6. The van der Waals surface area contributed by atoms with Gasteiger partial charge in [-0.2, -0.15) is 0 Å². The number of aromatic nitrogens is 3. The molecule has 1 aliphatic rings. The number of methoxy groups -OCH3 is 1. The molecule has 1 fully saturated rings. The van der Waals surface area contributed by atoms with E-state index in [0.717, 1.165) is 47.2 Å². The molecule has 3 heterocycles. The third kappa shape index (κ3) is 5.00. The topological polar surface area (TPSA) is 115 Å². The Morgan fingerprint density at radius 2 is 1.77 bits per heavy atom. The zero-order valence-corrected chi connectivity index (χ0v) is 22.4. The first-order chi connectivity index (χ1) is 18.8. The lowest BCUT2D eigenvalue weighted by Gasteiger charge is -2.32. The number of amides is 2. The molecule has 1 atom stereocenters. The summed E-state index contributed by atoms with van der Waals surface area (Å²) in [5.41, 5.74) is 12.4. The molecule has 2 amide bonds. The van der Waals surface area contributed by atoms with Crippen LogP contribution in [0, 0.1) is 0 Å². The number of aryl methyl sites for hydroxylation is 1. The number of nitrogens with one attached hydrogen (secondary N) is 1. The average molecular weight is 525 g/mol. The Labute approximate surface area is 227 Å². The van der Waals surface area contributed by atoms with Crippen molar-refractivity contribution in [2.45, 2.75) is 25.9 Å². The fraction of sp³-hybridized carbons (Fsp3) is 0.267. The molecule has 0 unspecified atom stereocenters. The van der Waals surface area contributed by atoms with Crippen LogP contribution in [0.15, 0.2) is 67.0 Å². The van der Waals surface area contributed by atoms with Crippen LogP contribution in [0.4, 0.5) is 11.5 Å². The van der Waals surface area contributed by atoms with Gasteiger partial charge in [-0.05, 0) is 55.2 Å². The standard InChI is InChI=1S/C30H32N6O3/c1-18(2)29(37)34-22-13-11-20(12-14-22)26-24(25-27(31)32-17-33-28(25)35(26)3)19-7-9-21(10-8-19)30(38)36-15-5-6-23(16-36)39-4/h7-14,17,23H,1,5-6,15-16H2,2-4H3,(H,34,37)(H2,31,32,33)/t23-/m1/s1. The van der Waals surface area contributed by atoms with Gasteiger partial charge in [-0.1, -0.05) is 30.8 Å². The van der Waals surface area contributed by atoms with Crippen molar-refractivity contribution in [3.8, 4) is 22.4 Å². The van der Waals surface area contributed by atoms with Gasteiger partial charge in [-0.25, -0.2) is 9.97 Å². The van der Waals surface area contributed by atoms with E-state index < -0.39 is 0 Å². The van der Waals surface area contributed by atoms with E-state index in [4.69, 9.17) is 10.5 Å². The molecule has 3 N–H and O–H groups in total. The number of piperidine rings is 1. The van der Waals surface area contributed by atoms with Crippen LogP contribution >= 0.6 is 0 Å². The summed E-state index contributed by atoms with van der Waals surface area (Å²) in [5.74, 6) is 0.144. The highest BCUT2D eigenvalue weighted by Gasteiger charge is 2.25. The Kier molecular flexibility index (Phi) is 7.17. The second kappa shape index (κ2) is 10.7. The van der Waals surface area contributed by atoms with Crippen LogP contribution in [0.1, 0.15) is 30.1 Å². The molecule has 0 aliphatic carbocycles. The van der Waals surface area contributed by atoms with Gasteiger partial charge in [-0.3, -0.25) is 9.59 Å². The molecule has 0 spiro atoms. The Morgan fingerprint density at radius 1 is 1.08 bits per heavy atom. The first-order valence-corrected chi connectivity index (χ1v) is 12.9. The quantitative estimate of drug-likeness (QED) is 0.355. The predicted molar refractivity (Wildman–Crippen MR) is 153 cm³/mol. The number of likely N-dealkylation sites (tertiary alicyclic amines) is 1. The maximum Gasteiger partial charge on any atom is 0.253 e. The van der Waals surface area contributed by atoms with E-state index in [-0.39, 0.29) is 17.9 Å². The van der Waals surface area contributed by atoms with Crippen LogP contribution < -0.4 is 11.1 Å². The smallest absolute Gasteiger partial charge is 0.253 e. The molecule has 9 nitrogen and oxygen atoms in total. The second-order valence-electron chi connectivity index (χ2n) is 9.88. The number of nitrogen functional groups attached to an aromatic ring is 1. The first kappa shape index (κ1) is 26.1. The number of benzene rings is 2. The van der Waals surface area contributed by atoms with Crippen molar-refractivity contribution >= 4 is 34.4 Å². The number of nitrogens with two attached hydrogens (primary N) is 1. The van der Waals surface area contributed by atoms with E-state index in [1.54, 1.807) is 14.0 Å². The van der Waals surface area contributed by atoms with Crippen molar-refractivity contribution in [1.82, 2.24) is 19.4 Å².